The molecule has 4 nitrogen and oxygen atoms in total. The van der Waals surface area contributed by atoms with Gasteiger partial charge < -0.3 is 10.0 Å². The zero-order valence-corrected chi connectivity index (χ0v) is 9.94. The van der Waals surface area contributed by atoms with Gasteiger partial charge in [-0.2, -0.15) is 0 Å². The molecule has 1 saturated heterocycles. The van der Waals surface area contributed by atoms with Crippen molar-refractivity contribution in [3.05, 3.63) is 0 Å². The lowest BCUT2D eigenvalue weighted by Gasteiger charge is -2.41. The minimum Gasteiger partial charge on any atom is -0.396 e. The molecular weight excluding hydrogens is 192 g/mol. The SMILES string of the molecule is CCC(C)N1CCN(C)C(CCO)C1=O. The summed E-state index contributed by atoms with van der Waals surface area (Å²) in [4.78, 5) is 16.1. The fourth-order valence-electron chi connectivity index (χ4n) is 2.04. The number of likely N-dealkylation sites (N-methyl/N-ethyl adjacent to an activating group) is 1. The van der Waals surface area contributed by atoms with E-state index in [9.17, 15) is 4.79 Å². The standard InChI is InChI=1S/C11H22N2O2/c1-4-9(2)13-7-6-12(3)10(5-8-14)11(13)15/h9-10,14H,4-8H2,1-3H3. The van der Waals surface area contributed by atoms with Crippen LogP contribution >= 0.6 is 0 Å². The Morgan fingerprint density at radius 3 is 2.73 bits per heavy atom. The first-order valence-corrected chi connectivity index (χ1v) is 5.73. The number of hydrogen-bond acceptors (Lipinski definition) is 3. The lowest BCUT2D eigenvalue weighted by Crippen LogP contribution is -2.58. The first-order valence-electron chi connectivity index (χ1n) is 5.73. The van der Waals surface area contributed by atoms with Crippen molar-refractivity contribution in [3.63, 3.8) is 0 Å². The number of rotatable bonds is 4. The van der Waals surface area contributed by atoms with Crippen molar-refractivity contribution in [2.45, 2.75) is 38.8 Å². The highest BCUT2D eigenvalue weighted by molar-refractivity contribution is 5.82. The average Bonchev–Trinajstić information content (AvgIpc) is 2.23. The van der Waals surface area contributed by atoms with E-state index in [1.54, 1.807) is 0 Å². The molecule has 1 aliphatic heterocycles. The van der Waals surface area contributed by atoms with Crippen LogP contribution in [0.1, 0.15) is 26.7 Å². The van der Waals surface area contributed by atoms with Gasteiger partial charge in [-0.15, -0.1) is 0 Å². The van der Waals surface area contributed by atoms with Crippen LogP contribution in [0.4, 0.5) is 0 Å². The molecule has 1 N–H and O–H groups in total. The van der Waals surface area contributed by atoms with Gasteiger partial charge in [0.25, 0.3) is 0 Å². The zero-order chi connectivity index (χ0) is 11.4. The second-order valence-electron chi connectivity index (χ2n) is 4.30. The Bertz CT molecular complexity index is 213. The molecule has 1 fully saturated rings. The van der Waals surface area contributed by atoms with Crippen LogP contribution in [0.3, 0.4) is 0 Å². The van der Waals surface area contributed by atoms with Crippen molar-refractivity contribution < 1.29 is 9.90 Å². The molecule has 15 heavy (non-hydrogen) atoms. The van der Waals surface area contributed by atoms with E-state index in [1.807, 2.05) is 16.8 Å². The quantitative estimate of drug-likeness (QED) is 0.732. The maximum absolute atomic E-state index is 12.1. The molecule has 4 heteroatoms. The van der Waals surface area contributed by atoms with Crippen LogP contribution in [0.25, 0.3) is 0 Å². The summed E-state index contributed by atoms with van der Waals surface area (Å²) in [5.41, 5.74) is 0. The molecular formula is C11H22N2O2. The molecule has 0 saturated carbocycles. The summed E-state index contributed by atoms with van der Waals surface area (Å²) in [6.45, 7) is 5.97. The molecule has 0 aromatic heterocycles. The van der Waals surface area contributed by atoms with E-state index in [1.165, 1.54) is 0 Å². The normalized spacial score (nSPS) is 25.7. The number of carbonyl (C=O) groups excluding carboxylic acids is 1. The first-order chi connectivity index (χ1) is 7.11. The van der Waals surface area contributed by atoms with Crippen molar-refractivity contribution in [1.82, 2.24) is 9.80 Å². The van der Waals surface area contributed by atoms with Gasteiger partial charge in [0.05, 0.1) is 6.04 Å². The van der Waals surface area contributed by atoms with Crippen molar-refractivity contribution in [2.75, 3.05) is 26.7 Å². The predicted molar refractivity (Wildman–Crippen MR) is 59.6 cm³/mol. The third-order valence-electron chi connectivity index (χ3n) is 3.32. The largest absolute Gasteiger partial charge is 0.396 e. The molecule has 1 rings (SSSR count). The Kier molecular flexibility index (Phi) is 4.54. The molecule has 2 unspecified atom stereocenters. The highest BCUT2D eigenvalue weighted by Gasteiger charge is 2.33. The van der Waals surface area contributed by atoms with E-state index in [0.29, 0.717) is 12.5 Å². The summed E-state index contributed by atoms with van der Waals surface area (Å²) in [5.74, 6) is 0.173. The molecule has 0 spiro atoms. The van der Waals surface area contributed by atoms with Crippen LogP contribution in [0.15, 0.2) is 0 Å². The van der Waals surface area contributed by atoms with Gasteiger partial charge in [0, 0.05) is 25.7 Å². The molecule has 88 valence electrons. The number of nitrogens with zero attached hydrogens (tertiary/aromatic N) is 2. The molecule has 1 heterocycles. The van der Waals surface area contributed by atoms with Crippen molar-refractivity contribution in [2.24, 2.45) is 0 Å². The van der Waals surface area contributed by atoms with Gasteiger partial charge >= 0.3 is 0 Å². The topological polar surface area (TPSA) is 43.8 Å². The van der Waals surface area contributed by atoms with Gasteiger partial charge in [-0.3, -0.25) is 9.69 Å². The van der Waals surface area contributed by atoms with Gasteiger partial charge in [-0.05, 0) is 26.8 Å². The third kappa shape index (κ3) is 2.69. The molecule has 0 bridgehead atoms. The second-order valence-corrected chi connectivity index (χ2v) is 4.30. The molecule has 1 aliphatic rings. The van der Waals surface area contributed by atoms with Crippen LogP contribution < -0.4 is 0 Å². The predicted octanol–water partition coefficient (Wildman–Crippen LogP) is 0.310. The average molecular weight is 214 g/mol. The van der Waals surface area contributed by atoms with Crippen LogP contribution in [0.2, 0.25) is 0 Å². The molecule has 2 atom stereocenters. The van der Waals surface area contributed by atoms with Crippen LogP contribution in [0.5, 0.6) is 0 Å². The Balaban J connectivity index is 2.67. The van der Waals surface area contributed by atoms with E-state index in [0.717, 1.165) is 19.5 Å². The van der Waals surface area contributed by atoms with Crippen LogP contribution in [-0.4, -0.2) is 59.6 Å². The van der Waals surface area contributed by atoms with Gasteiger partial charge in [-0.1, -0.05) is 6.92 Å². The number of piperazine rings is 1. The summed E-state index contributed by atoms with van der Waals surface area (Å²) in [7, 11) is 1.95. The van der Waals surface area contributed by atoms with Gasteiger partial charge in [0.15, 0.2) is 0 Å². The molecule has 0 aromatic rings. The van der Waals surface area contributed by atoms with Crippen LogP contribution in [0, 0.1) is 0 Å². The van der Waals surface area contributed by atoms with Gasteiger partial charge in [0.1, 0.15) is 0 Å². The van der Waals surface area contributed by atoms with E-state index in [2.05, 4.69) is 13.8 Å². The maximum atomic E-state index is 12.1. The number of amides is 1. The maximum Gasteiger partial charge on any atom is 0.240 e. The summed E-state index contributed by atoms with van der Waals surface area (Å²) in [6.07, 6.45) is 1.53. The van der Waals surface area contributed by atoms with Crippen molar-refractivity contribution >= 4 is 5.91 Å². The lowest BCUT2D eigenvalue weighted by molar-refractivity contribution is -0.144. The summed E-state index contributed by atoms with van der Waals surface area (Å²) in [6, 6.07) is 0.185. The second kappa shape index (κ2) is 5.47. The Morgan fingerprint density at radius 1 is 1.53 bits per heavy atom. The van der Waals surface area contributed by atoms with Crippen molar-refractivity contribution in [3.8, 4) is 0 Å². The summed E-state index contributed by atoms with van der Waals surface area (Å²) in [5, 5.41) is 8.94. The van der Waals surface area contributed by atoms with E-state index < -0.39 is 0 Å². The Hall–Kier alpha value is -0.610. The Labute approximate surface area is 91.9 Å². The Morgan fingerprint density at radius 2 is 2.20 bits per heavy atom. The highest BCUT2D eigenvalue weighted by atomic mass is 16.3. The lowest BCUT2D eigenvalue weighted by atomic mass is 10.1. The number of aliphatic hydroxyl groups excluding tert-OH is 1. The number of carbonyl (C=O) groups is 1. The van der Waals surface area contributed by atoms with Crippen molar-refractivity contribution in [1.29, 1.82) is 0 Å². The van der Waals surface area contributed by atoms with E-state index in [-0.39, 0.29) is 18.6 Å². The first kappa shape index (κ1) is 12.5. The zero-order valence-electron chi connectivity index (χ0n) is 9.94. The highest BCUT2D eigenvalue weighted by Crippen LogP contribution is 2.16. The minimum absolute atomic E-state index is 0.0785. The monoisotopic (exact) mass is 214 g/mol. The van der Waals surface area contributed by atoms with Gasteiger partial charge in [-0.25, -0.2) is 0 Å². The van der Waals surface area contributed by atoms with E-state index >= 15 is 0 Å². The van der Waals surface area contributed by atoms with Gasteiger partial charge in [0.2, 0.25) is 5.91 Å². The molecule has 0 aliphatic carbocycles. The summed E-state index contributed by atoms with van der Waals surface area (Å²) >= 11 is 0. The molecule has 1 amide bonds. The van der Waals surface area contributed by atoms with E-state index in [4.69, 9.17) is 5.11 Å². The summed E-state index contributed by atoms with van der Waals surface area (Å²) < 4.78 is 0. The fourth-order valence-corrected chi connectivity index (χ4v) is 2.04. The number of aliphatic hydroxyl groups is 1. The third-order valence-corrected chi connectivity index (χ3v) is 3.32. The smallest absolute Gasteiger partial charge is 0.240 e. The number of hydrogen-bond donors (Lipinski definition) is 1. The molecule has 0 radical (unpaired) electrons. The van der Waals surface area contributed by atoms with Crippen LogP contribution in [-0.2, 0) is 4.79 Å². The molecule has 0 aromatic carbocycles. The minimum atomic E-state index is -0.127. The fraction of sp³-hybridized carbons (Fsp3) is 0.909.